The Morgan fingerprint density at radius 1 is 1.50 bits per heavy atom. The minimum Gasteiger partial charge on any atom is -0.396 e. The molecule has 0 spiro atoms. The fourth-order valence-electron chi connectivity index (χ4n) is 1.72. The molecule has 108 valence electrons. The quantitative estimate of drug-likeness (QED) is 0.452. The van der Waals surface area contributed by atoms with E-state index in [-0.39, 0.29) is 24.2 Å². The highest BCUT2D eigenvalue weighted by atomic mass is 16.6. The first-order chi connectivity index (χ1) is 9.54. The molecule has 0 bridgehead atoms. The minimum atomic E-state index is -0.485. The molecular weight excluding hydrogens is 260 g/mol. The molecule has 2 N–H and O–H groups in total. The van der Waals surface area contributed by atoms with Gasteiger partial charge in [-0.05, 0) is 31.9 Å². The number of hydrogen-bond donors (Lipinski definition) is 2. The van der Waals surface area contributed by atoms with E-state index in [0.29, 0.717) is 18.4 Å². The summed E-state index contributed by atoms with van der Waals surface area (Å²) in [4.78, 5) is 22.0. The van der Waals surface area contributed by atoms with E-state index in [4.69, 9.17) is 5.11 Å². The van der Waals surface area contributed by atoms with Crippen molar-refractivity contribution < 1.29 is 14.8 Å². The van der Waals surface area contributed by atoms with E-state index in [1.807, 2.05) is 6.92 Å². The molecule has 1 aromatic rings. The first-order valence-electron chi connectivity index (χ1n) is 6.37. The molecule has 1 amide bonds. The molecule has 0 aromatic heterocycles. The number of benzene rings is 1. The Morgan fingerprint density at radius 2 is 2.20 bits per heavy atom. The van der Waals surface area contributed by atoms with Crippen LogP contribution in [0.3, 0.4) is 0 Å². The van der Waals surface area contributed by atoms with Crippen molar-refractivity contribution >= 4 is 17.7 Å². The summed E-state index contributed by atoms with van der Waals surface area (Å²) in [7, 11) is 0. The Kier molecular flexibility index (Phi) is 6.39. The maximum atomic E-state index is 11.6. The molecule has 0 fully saturated rings. The first kappa shape index (κ1) is 15.8. The zero-order valence-electron chi connectivity index (χ0n) is 11.3. The van der Waals surface area contributed by atoms with Crippen LogP contribution in [-0.4, -0.2) is 28.6 Å². The van der Waals surface area contributed by atoms with Crippen LogP contribution in [0.25, 0.3) is 6.08 Å². The van der Waals surface area contributed by atoms with Gasteiger partial charge in [0.15, 0.2) is 0 Å². The number of carbonyl (C=O) groups is 1. The molecule has 0 saturated heterocycles. The van der Waals surface area contributed by atoms with Crippen LogP contribution in [0.5, 0.6) is 0 Å². The third-order valence-corrected chi connectivity index (χ3v) is 2.73. The summed E-state index contributed by atoms with van der Waals surface area (Å²) in [6.07, 6.45) is 4.00. The number of carbonyl (C=O) groups excluding carboxylic acids is 1. The second kappa shape index (κ2) is 8.06. The number of aliphatic hydroxyl groups excluding tert-OH is 1. The predicted octanol–water partition coefficient (Wildman–Crippen LogP) is 1.89. The summed E-state index contributed by atoms with van der Waals surface area (Å²) in [6.45, 7) is 1.93. The van der Waals surface area contributed by atoms with E-state index in [1.54, 1.807) is 18.2 Å². The monoisotopic (exact) mass is 278 g/mol. The molecule has 1 atom stereocenters. The maximum Gasteiger partial charge on any atom is 0.276 e. The Morgan fingerprint density at radius 3 is 2.85 bits per heavy atom. The Labute approximate surface area is 117 Å². The van der Waals surface area contributed by atoms with Crippen LogP contribution in [0.2, 0.25) is 0 Å². The number of para-hydroxylation sites is 1. The molecule has 1 rings (SSSR count). The van der Waals surface area contributed by atoms with Crippen molar-refractivity contribution in [1.82, 2.24) is 5.32 Å². The van der Waals surface area contributed by atoms with Gasteiger partial charge in [-0.1, -0.05) is 12.1 Å². The third-order valence-electron chi connectivity index (χ3n) is 2.73. The predicted molar refractivity (Wildman–Crippen MR) is 76.1 cm³/mol. The fraction of sp³-hybridized carbons (Fsp3) is 0.357. The molecular formula is C14H18N2O4. The summed E-state index contributed by atoms with van der Waals surface area (Å²) >= 11 is 0. The van der Waals surface area contributed by atoms with Crippen LogP contribution < -0.4 is 5.32 Å². The standard InChI is InChI=1S/C14H18N2O4/c1-11(5-4-10-17)15-14(18)9-8-12-6-2-3-7-13(12)16(19)20/h2-3,6-9,11,17H,4-5,10H2,1H3,(H,15,18)/b9-8+. The summed E-state index contributed by atoms with van der Waals surface area (Å²) < 4.78 is 0. The Balaban J connectivity index is 2.64. The van der Waals surface area contributed by atoms with Gasteiger partial charge in [-0.15, -0.1) is 0 Å². The number of nitrogens with one attached hydrogen (secondary N) is 1. The molecule has 1 unspecified atom stereocenters. The van der Waals surface area contributed by atoms with Crippen LogP contribution in [0, 0.1) is 10.1 Å². The van der Waals surface area contributed by atoms with Crippen LogP contribution in [0.1, 0.15) is 25.3 Å². The van der Waals surface area contributed by atoms with Gasteiger partial charge in [0.25, 0.3) is 5.69 Å². The molecule has 6 nitrogen and oxygen atoms in total. The second-order valence-corrected chi connectivity index (χ2v) is 4.42. The van der Waals surface area contributed by atoms with E-state index in [9.17, 15) is 14.9 Å². The van der Waals surface area contributed by atoms with Crippen LogP contribution >= 0.6 is 0 Å². The number of hydrogen-bond acceptors (Lipinski definition) is 4. The van der Waals surface area contributed by atoms with Gasteiger partial charge in [0.05, 0.1) is 10.5 Å². The molecule has 1 aromatic carbocycles. The van der Waals surface area contributed by atoms with Crippen LogP contribution in [-0.2, 0) is 4.79 Å². The van der Waals surface area contributed by atoms with E-state index >= 15 is 0 Å². The molecule has 6 heteroatoms. The van der Waals surface area contributed by atoms with E-state index in [2.05, 4.69) is 5.32 Å². The zero-order chi connectivity index (χ0) is 15.0. The lowest BCUT2D eigenvalue weighted by Crippen LogP contribution is -2.31. The van der Waals surface area contributed by atoms with Gasteiger partial charge in [0, 0.05) is 24.8 Å². The van der Waals surface area contributed by atoms with Crippen molar-refractivity contribution in [2.75, 3.05) is 6.61 Å². The third kappa shape index (κ3) is 5.19. The molecule has 0 heterocycles. The summed E-state index contributed by atoms with van der Waals surface area (Å²) in [5.41, 5.74) is 0.348. The topological polar surface area (TPSA) is 92.5 Å². The van der Waals surface area contributed by atoms with Crippen molar-refractivity contribution in [2.45, 2.75) is 25.8 Å². The smallest absolute Gasteiger partial charge is 0.276 e. The maximum absolute atomic E-state index is 11.6. The van der Waals surface area contributed by atoms with E-state index in [0.717, 1.165) is 0 Å². The number of rotatable bonds is 7. The van der Waals surface area contributed by atoms with Crippen molar-refractivity contribution in [3.8, 4) is 0 Å². The lowest BCUT2D eigenvalue weighted by atomic mass is 10.1. The molecule has 0 radical (unpaired) electrons. The molecule has 20 heavy (non-hydrogen) atoms. The molecule has 0 aliphatic rings. The summed E-state index contributed by atoms with van der Waals surface area (Å²) in [5, 5.41) is 22.2. The van der Waals surface area contributed by atoms with Crippen LogP contribution in [0.4, 0.5) is 5.69 Å². The normalized spacial score (nSPS) is 12.3. The van der Waals surface area contributed by atoms with Crippen molar-refractivity contribution in [3.63, 3.8) is 0 Å². The van der Waals surface area contributed by atoms with Crippen LogP contribution in [0.15, 0.2) is 30.3 Å². The minimum absolute atomic E-state index is 0.0371. The number of amides is 1. The lowest BCUT2D eigenvalue weighted by molar-refractivity contribution is -0.385. The fourth-order valence-corrected chi connectivity index (χ4v) is 1.72. The van der Waals surface area contributed by atoms with Crippen molar-refractivity contribution in [1.29, 1.82) is 0 Å². The first-order valence-corrected chi connectivity index (χ1v) is 6.37. The number of nitro groups is 1. The number of nitro benzene ring substituents is 1. The van der Waals surface area contributed by atoms with Gasteiger partial charge < -0.3 is 10.4 Å². The van der Waals surface area contributed by atoms with Gasteiger partial charge in [-0.25, -0.2) is 0 Å². The SMILES string of the molecule is CC(CCCO)NC(=O)/C=C/c1ccccc1[N+](=O)[O-]. The second-order valence-electron chi connectivity index (χ2n) is 4.42. The average molecular weight is 278 g/mol. The van der Waals surface area contributed by atoms with E-state index < -0.39 is 4.92 Å². The van der Waals surface area contributed by atoms with Gasteiger partial charge in [-0.3, -0.25) is 14.9 Å². The molecule has 0 aliphatic heterocycles. The van der Waals surface area contributed by atoms with Crippen molar-refractivity contribution in [2.24, 2.45) is 0 Å². The highest BCUT2D eigenvalue weighted by Gasteiger charge is 2.10. The highest BCUT2D eigenvalue weighted by Crippen LogP contribution is 2.18. The van der Waals surface area contributed by atoms with Crippen molar-refractivity contribution in [3.05, 3.63) is 46.0 Å². The zero-order valence-corrected chi connectivity index (χ0v) is 11.3. The highest BCUT2D eigenvalue weighted by molar-refractivity contribution is 5.92. The van der Waals surface area contributed by atoms with Gasteiger partial charge >= 0.3 is 0 Å². The van der Waals surface area contributed by atoms with Gasteiger partial charge in [-0.2, -0.15) is 0 Å². The van der Waals surface area contributed by atoms with E-state index in [1.165, 1.54) is 18.2 Å². The average Bonchev–Trinajstić information content (AvgIpc) is 2.43. The largest absolute Gasteiger partial charge is 0.396 e. The lowest BCUT2D eigenvalue weighted by Gasteiger charge is -2.10. The number of aliphatic hydroxyl groups is 1. The Bertz CT molecular complexity index is 500. The molecule has 0 aliphatic carbocycles. The summed E-state index contributed by atoms with van der Waals surface area (Å²) in [6, 6.07) is 6.17. The molecule has 0 saturated carbocycles. The Hall–Kier alpha value is -2.21. The van der Waals surface area contributed by atoms with Gasteiger partial charge in [0.2, 0.25) is 5.91 Å². The number of nitrogens with zero attached hydrogens (tertiary/aromatic N) is 1. The van der Waals surface area contributed by atoms with Gasteiger partial charge in [0.1, 0.15) is 0 Å². The summed E-state index contributed by atoms with van der Waals surface area (Å²) in [5.74, 6) is -0.311.